The normalized spacial score (nSPS) is 32.3. The van der Waals surface area contributed by atoms with Crippen LogP contribution in [0.2, 0.25) is 0 Å². The van der Waals surface area contributed by atoms with Crippen LogP contribution < -0.4 is 5.73 Å². The highest BCUT2D eigenvalue weighted by Gasteiger charge is 2.63. The van der Waals surface area contributed by atoms with Crippen molar-refractivity contribution in [2.45, 2.75) is 71.3 Å². The van der Waals surface area contributed by atoms with Gasteiger partial charge in [0.25, 0.3) is 0 Å². The van der Waals surface area contributed by atoms with E-state index in [1.165, 1.54) is 41.5 Å². The molecule has 2 fully saturated rings. The Balaban J connectivity index is 1.88. The summed E-state index contributed by atoms with van der Waals surface area (Å²) in [5.74, 6) is 1.62. The first-order chi connectivity index (χ1) is 9.23. The Kier molecular flexibility index (Phi) is 3.06. The number of nitrogens with two attached hydrogens (primary N) is 1. The molecule has 20 heavy (non-hydrogen) atoms. The van der Waals surface area contributed by atoms with Crippen molar-refractivity contribution in [3.8, 4) is 0 Å². The van der Waals surface area contributed by atoms with Gasteiger partial charge in [0.05, 0.1) is 0 Å². The summed E-state index contributed by atoms with van der Waals surface area (Å²) < 4.78 is 0. The first-order valence-electron chi connectivity index (χ1n) is 8.13. The molecule has 0 spiro atoms. The minimum atomic E-state index is 0.122. The topological polar surface area (TPSA) is 26.0 Å². The maximum atomic E-state index is 6.69. The van der Waals surface area contributed by atoms with Crippen LogP contribution in [0.3, 0.4) is 0 Å². The first kappa shape index (κ1) is 14.1. The lowest BCUT2D eigenvalue weighted by molar-refractivity contribution is 0.499. The Hall–Kier alpha value is -0.820. The van der Waals surface area contributed by atoms with Gasteiger partial charge in [-0.1, -0.05) is 39.3 Å². The van der Waals surface area contributed by atoms with Crippen LogP contribution in [0.1, 0.15) is 62.3 Å². The van der Waals surface area contributed by atoms with Crippen molar-refractivity contribution in [1.29, 1.82) is 0 Å². The molecule has 0 amide bonds. The predicted octanol–water partition coefficient (Wildman–Crippen LogP) is 4.27. The Bertz CT molecular complexity index is 502. The van der Waals surface area contributed by atoms with E-state index in [0.29, 0.717) is 0 Å². The smallest absolute Gasteiger partial charge is 0.0259 e. The molecule has 1 nitrogen and oxygen atoms in total. The molecule has 1 aromatic carbocycles. The Labute approximate surface area is 124 Å². The van der Waals surface area contributed by atoms with E-state index in [2.05, 4.69) is 46.8 Å². The van der Waals surface area contributed by atoms with Gasteiger partial charge >= 0.3 is 0 Å². The second-order valence-corrected chi connectivity index (χ2v) is 8.27. The number of benzene rings is 1. The molecular weight excluding hydrogens is 242 g/mol. The standard InChI is InChI=1S/C19H29N/c1-12-9-14(18(3,4)5)10-13(2)15(12)11-19(20)16-7-6-8-17(16)19/h9-10,16-17H,6-8,11,20H2,1-5H3. The number of fused-ring (bicyclic) bond motifs is 1. The average molecular weight is 271 g/mol. The zero-order valence-electron chi connectivity index (χ0n) is 13.7. The van der Waals surface area contributed by atoms with Gasteiger partial charge in [-0.15, -0.1) is 0 Å². The van der Waals surface area contributed by atoms with Crippen molar-refractivity contribution in [3.05, 3.63) is 34.4 Å². The van der Waals surface area contributed by atoms with Gasteiger partial charge in [-0.2, -0.15) is 0 Å². The minimum Gasteiger partial charge on any atom is -0.324 e. The fraction of sp³-hybridized carbons (Fsp3) is 0.684. The second kappa shape index (κ2) is 4.34. The lowest BCUT2D eigenvalue weighted by Crippen LogP contribution is -2.32. The second-order valence-electron chi connectivity index (χ2n) is 8.27. The lowest BCUT2D eigenvalue weighted by atomic mass is 9.82. The fourth-order valence-corrected chi connectivity index (χ4v) is 4.40. The summed E-state index contributed by atoms with van der Waals surface area (Å²) in [6, 6.07) is 4.76. The predicted molar refractivity (Wildman–Crippen MR) is 86.1 cm³/mol. The summed E-state index contributed by atoms with van der Waals surface area (Å²) in [5, 5.41) is 0. The largest absolute Gasteiger partial charge is 0.324 e. The number of aryl methyl sites for hydroxylation is 2. The third-order valence-corrected chi connectivity index (χ3v) is 5.83. The van der Waals surface area contributed by atoms with Crippen LogP contribution in [0.5, 0.6) is 0 Å². The van der Waals surface area contributed by atoms with Gasteiger partial charge in [-0.25, -0.2) is 0 Å². The summed E-state index contributed by atoms with van der Waals surface area (Å²) in [6.07, 6.45) is 5.21. The molecule has 110 valence electrons. The van der Waals surface area contributed by atoms with Gasteiger partial charge < -0.3 is 5.73 Å². The maximum absolute atomic E-state index is 6.69. The molecule has 3 rings (SSSR count). The summed E-state index contributed by atoms with van der Waals surface area (Å²) in [4.78, 5) is 0. The monoisotopic (exact) mass is 271 g/mol. The molecule has 2 unspecified atom stereocenters. The quantitative estimate of drug-likeness (QED) is 0.854. The number of hydrogen-bond acceptors (Lipinski definition) is 1. The van der Waals surface area contributed by atoms with Crippen LogP contribution in [-0.4, -0.2) is 5.54 Å². The Morgan fingerprint density at radius 1 is 1.10 bits per heavy atom. The van der Waals surface area contributed by atoms with Crippen molar-refractivity contribution < 1.29 is 0 Å². The highest BCUT2D eigenvalue weighted by Crippen LogP contribution is 2.60. The van der Waals surface area contributed by atoms with Gasteiger partial charge in [0.2, 0.25) is 0 Å². The molecule has 0 aliphatic heterocycles. The molecule has 2 N–H and O–H groups in total. The van der Waals surface area contributed by atoms with E-state index in [0.717, 1.165) is 18.3 Å². The average Bonchev–Trinajstić information content (AvgIpc) is 2.75. The molecule has 2 aliphatic rings. The van der Waals surface area contributed by atoms with Crippen molar-refractivity contribution in [2.24, 2.45) is 17.6 Å². The van der Waals surface area contributed by atoms with Crippen LogP contribution in [0.25, 0.3) is 0 Å². The molecule has 0 bridgehead atoms. The van der Waals surface area contributed by atoms with E-state index < -0.39 is 0 Å². The Morgan fingerprint density at radius 3 is 2.05 bits per heavy atom. The van der Waals surface area contributed by atoms with Crippen molar-refractivity contribution in [1.82, 2.24) is 0 Å². The molecule has 2 atom stereocenters. The number of hydrogen-bond donors (Lipinski definition) is 1. The molecule has 1 aromatic rings. The zero-order chi connectivity index (χ0) is 14.7. The molecule has 0 aromatic heterocycles. The molecule has 0 saturated heterocycles. The van der Waals surface area contributed by atoms with Crippen molar-refractivity contribution in [2.75, 3.05) is 0 Å². The molecule has 1 heteroatoms. The third kappa shape index (κ3) is 2.11. The Morgan fingerprint density at radius 2 is 1.60 bits per heavy atom. The first-order valence-corrected chi connectivity index (χ1v) is 8.13. The van der Waals surface area contributed by atoms with Gasteiger partial charge in [0.1, 0.15) is 0 Å². The maximum Gasteiger partial charge on any atom is 0.0259 e. The number of rotatable bonds is 2. The highest BCUT2D eigenvalue weighted by atomic mass is 14.9. The van der Waals surface area contributed by atoms with Crippen molar-refractivity contribution >= 4 is 0 Å². The molecule has 2 aliphatic carbocycles. The van der Waals surface area contributed by atoms with E-state index in [9.17, 15) is 0 Å². The van der Waals surface area contributed by atoms with Crippen LogP contribution in [-0.2, 0) is 11.8 Å². The molecule has 0 radical (unpaired) electrons. The molecule has 2 saturated carbocycles. The molecular formula is C19H29N. The SMILES string of the molecule is Cc1cc(C(C)(C)C)cc(C)c1CC1(N)C2CCCC21. The van der Waals surface area contributed by atoms with Crippen LogP contribution in [0, 0.1) is 25.7 Å². The summed E-state index contributed by atoms with van der Waals surface area (Å²) in [5.41, 5.74) is 12.9. The summed E-state index contributed by atoms with van der Waals surface area (Å²) >= 11 is 0. The van der Waals surface area contributed by atoms with Crippen LogP contribution >= 0.6 is 0 Å². The molecule has 0 heterocycles. The fourth-order valence-electron chi connectivity index (χ4n) is 4.40. The minimum absolute atomic E-state index is 0.122. The van der Waals surface area contributed by atoms with E-state index in [1.807, 2.05) is 0 Å². The van der Waals surface area contributed by atoms with Gasteiger partial charge in [-0.05, 0) is 72.6 Å². The van der Waals surface area contributed by atoms with Gasteiger partial charge in [0.15, 0.2) is 0 Å². The van der Waals surface area contributed by atoms with E-state index >= 15 is 0 Å². The van der Waals surface area contributed by atoms with E-state index in [1.54, 1.807) is 0 Å². The van der Waals surface area contributed by atoms with Gasteiger partial charge in [-0.3, -0.25) is 0 Å². The van der Waals surface area contributed by atoms with Crippen molar-refractivity contribution in [3.63, 3.8) is 0 Å². The highest BCUT2D eigenvalue weighted by molar-refractivity contribution is 5.43. The summed E-state index contributed by atoms with van der Waals surface area (Å²) in [6.45, 7) is 11.4. The lowest BCUT2D eigenvalue weighted by Gasteiger charge is -2.24. The third-order valence-electron chi connectivity index (χ3n) is 5.83. The summed E-state index contributed by atoms with van der Waals surface area (Å²) in [7, 11) is 0. The van der Waals surface area contributed by atoms with Crippen LogP contribution in [0.15, 0.2) is 12.1 Å². The van der Waals surface area contributed by atoms with Crippen LogP contribution in [0.4, 0.5) is 0 Å². The van der Waals surface area contributed by atoms with E-state index in [-0.39, 0.29) is 11.0 Å². The zero-order valence-corrected chi connectivity index (χ0v) is 13.7. The van der Waals surface area contributed by atoms with E-state index in [4.69, 9.17) is 5.73 Å². The van der Waals surface area contributed by atoms with Gasteiger partial charge in [0, 0.05) is 5.54 Å².